The van der Waals surface area contributed by atoms with Gasteiger partial charge in [-0.2, -0.15) is 20.5 Å². The Morgan fingerprint density at radius 2 is 1.78 bits per heavy atom. The molecule has 11 rings (SSSR count). The maximum atomic E-state index is 16.7. The number of methoxy groups -OCH3 is 1. The third kappa shape index (κ3) is 14.9. The minimum Gasteiger partial charge on any atom is -0.489 e. The summed E-state index contributed by atoms with van der Waals surface area (Å²) in [5.41, 5.74) is 17.1. The van der Waals surface area contributed by atoms with Crippen molar-refractivity contribution in [2.45, 2.75) is 136 Å². The number of hydrogen-bond donors (Lipinski definition) is 5. The first-order valence-electron chi connectivity index (χ1n) is 30.2. The van der Waals surface area contributed by atoms with Gasteiger partial charge >= 0.3 is 6.01 Å². The van der Waals surface area contributed by atoms with E-state index in [4.69, 9.17) is 47.3 Å². The summed E-state index contributed by atoms with van der Waals surface area (Å²) in [4.78, 5) is 64.5. The molecule has 91 heavy (non-hydrogen) atoms. The quantitative estimate of drug-likeness (QED) is 0.0499. The van der Waals surface area contributed by atoms with Crippen molar-refractivity contribution < 1.29 is 47.2 Å². The van der Waals surface area contributed by atoms with E-state index < -0.39 is 35.2 Å². The van der Waals surface area contributed by atoms with Gasteiger partial charge in [-0.25, -0.2) is 18.7 Å². The van der Waals surface area contributed by atoms with Crippen LogP contribution < -0.4 is 36.5 Å². The zero-order valence-corrected chi connectivity index (χ0v) is 54.5. The van der Waals surface area contributed by atoms with Crippen LogP contribution in [0.1, 0.15) is 108 Å². The molecule has 4 aliphatic heterocycles. The normalized spacial score (nSPS) is 19.2. The van der Waals surface area contributed by atoms with E-state index >= 15 is 4.39 Å². The van der Waals surface area contributed by atoms with Gasteiger partial charge in [-0.15, -0.1) is 22.7 Å². The maximum absolute atomic E-state index is 16.7. The first-order chi connectivity index (χ1) is 43.6. The number of nitrogen functional groups attached to an aromatic ring is 2. The topological polar surface area (TPSA) is 293 Å². The number of carbonyl (C=O) groups is 3. The number of carbonyl (C=O) groups excluding carboxylic acids is 3. The van der Waals surface area contributed by atoms with Crippen LogP contribution in [0.25, 0.3) is 42.6 Å². The summed E-state index contributed by atoms with van der Waals surface area (Å²) in [6.45, 7) is 17.0. The number of nitriles is 2. The molecule has 4 aromatic heterocycles. The number of ether oxygens (including phenoxy) is 4. The van der Waals surface area contributed by atoms with E-state index in [0.717, 1.165) is 58.0 Å². The lowest BCUT2D eigenvalue weighted by Crippen LogP contribution is -2.57. The van der Waals surface area contributed by atoms with Crippen molar-refractivity contribution in [3.8, 4) is 45.5 Å². The average molecular weight is 1300 g/mol. The molecule has 482 valence electrons. The third-order valence-electron chi connectivity index (χ3n) is 16.7. The molecule has 8 heterocycles. The van der Waals surface area contributed by atoms with E-state index in [0.29, 0.717) is 43.5 Å². The van der Waals surface area contributed by atoms with E-state index in [2.05, 4.69) is 35.5 Å². The van der Waals surface area contributed by atoms with Crippen molar-refractivity contribution in [1.29, 1.82) is 10.5 Å². The molecule has 0 saturated carbocycles. The highest BCUT2D eigenvalue weighted by Crippen LogP contribution is 2.52. The molecular formula is C65H76ClF2N13O8S2. The number of aliphatic hydroxyl groups is 1. The van der Waals surface area contributed by atoms with Gasteiger partial charge in [-0.3, -0.25) is 19.3 Å². The van der Waals surface area contributed by atoms with Gasteiger partial charge in [0, 0.05) is 81.4 Å². The second-order valence-corrected chi connectivity index (χ2v) is 26.3. The average Bonchev–Trinajstić information content (AvgIpc) is 1.72. The number of halogens is 3. The highest BCUT2D eigenvalue weighted by molar-refractivity contribution is 7.23. The number of anilines is 3. The second kappa shape index (κ2) is 29.6. The SMILES string of the molecule is CC#N.COc1nc2c3c(c(Cl)c(-c4ccc(F)c5sc(N)c(C#N)c45)c(F)c3n1)OC[C@H](C)N2C(C)c1cccnc1N.Cc1ncsc1-c1ccc(CNC(=O)C2C[C@@H](O)CN2C(=O)C(NC(=O)CCOCCCOC2CC3CCCN3C2)C(C)(C)C)cc1. The molecule has 3 fully saturated rings. The number of rotatable bonds is 18. The van der Waals surface area contributed by atoms with Crippen LogP contribution in [0.3, 0.4) is 0 Å². The molecule has 0 radical (unpaired) electrons. The summed E-state index contributed by atoms with van der Waals surface area (Å²) in [5.74, 6) is -1.58. The Balaban J connectivity index is 0.000000208. The zero-order valence-electron chi connectivity index (χ0n) is 52.1. The maximum Gasteiger partial charge on any atom is 0.318 e. The van der Waals surface area contributed by atoms with Gasteiger partial charge in [-0.1, -0.05) is 68.8 Å². The van der Waals surface area contributed by atoms with Gasteiger partial charge in [0.2, 0.25) is 17.7 Å². The summed E-state index contributed by atoms with van der Waals surface area (Å²) in [7, 11) is 1.38. The van der Waals surface area contributed by atoms with Crippen LogP contribution >= 0.6 is 34.3 Å². The number of fused-ring (bicyclic) bond motifs is 2. The molecule has 7 N–H and O–H groups in total. The molecule has 7 aromatic rings. The minimum atomic E-state index is -0.867. The number of hydrogen-bond acceptors (Lipinski definition) is 20. The molecule has 4 aliphatic rings. The molecule has 3 amide bonds. The molecule has 5 unspecified atom stereocenters. The van der Waals surface area contributed by atoms with Crippen LogP contribution in [0, 0.1) is 46.6 Å². The molecule has 21 nitrogen and oxygen atoms in total. The summed E-state index contributed by atoms with van der Waals surface area (Å²) in [6, 6.07) is 16.2. The Bertz CT molecular complexity index is 3860. The number of pyridine rings is 1. The van der Waals surface area contributed by atoms with Gasteiger partial charge < -0.3 is 56.0 Å². The van der Waals surface area contributed by atoms with E-state index in [1.807, 2.05) is 88.4 Å². The van der Waals surface area contributed by atoms with Crippen molar-refractivity contribution in [3.63, 3.8) is 0 Å². The molecule has 26 heteroatoms. The van der Waals surface area contributed by atoms with E-state index in [9.17, 15) is 29.1 Å². The number of nitrogens with zero attached hydrogens (tertiary/aromatic N) is 9. The number of aliphatic hydroxyl groups excluding tert-OH is 1. The van der Waals surface area contributed by atoms with Crippen molar-refractivity contribution in [2.75, 3.05) is 69.5 Å². The molecular weight excluding hydrogens is 1230 g/mol. The number of aromatic nitrogens is 4. The molecule has 0 aliphatic carbocycles. The molecule has 3 saturated heterocycles. The number of nitrogens with two attached hydrogens (primary N) is 2. The Morgan fingerprint density at radius 1 is 1.02 bits per heavy atom. The smallest absolute Gasteiger partial charge is 0.318 e. The number of β-amino-alcohol motifs (C(OH)–C–C–N with tert-alkyl or cyclic N) is 1. The minimum absolute atomic E-state index is 0.0329. The van der Waals surface area contributed by atoms with Crippen LogP contribution in [-0.4, -0.2) is 142 Å². The van der Waals surface area contributed by atoms with Gasteiger partial charge in [0.25, 0.3) is 0 Å². The fourth-order valence-corrected chi connectivity index (χ4v) is 14.3. The first kappa shape index (κ1) is 67.5. The van der Waals surface area contributed by atoms with Crippen molar-refractivity contribution in [2.24, 2.45) is 5.41 Å². The highest BCUT2D eigenvalue weighted by atomic mass is 35.5. The van der Waals surface area contributed by atoms with Crippen LogP contribution in [0.4, 0.5) is 25.4 Å². The van der Waals surface area contributed by atoms with Gasteiger partial charge in [0.15, 0.2) is 11.6 Å². The van der Waals surface area contributed by atoms with Crippen LogP contribution in [0.5, 0.6) is 11.8 Å². The van der Waals surface area contributed by atoms with Crippen LogP contribution in [0.15, 0.2) is 60.2 Å². The lowest BCUT2D eigenvalue weighted by molar-refractivity contribution is -0.144. The standard InChI is InChI=1S/C35H51N5O6S.C28H22ClF2N7O2S.C2H3N/c1-23-31(47-22-37-23)25-10-8-24(9-11-25)19-36-33(43)29-18-27(41)20-40(29)34(44)32(35(2,3)4)38-30(42)12-16-45-14-6-15-46-28-17-26-7-5-13-39(26)21-28;1-11-10-40-23-19-22(36-28(39-3)37-27(19)38(11)12(2)13-5-4-8-35-25(13)33)21(31)18(20(23)29)14-6-7-16(30)24-17(14)15(9-32)26(34)41-24;1-2-3/h8-11,22,26-29,32,41H,5-7,12-21H2,1-4H3,(H,36,43)(H,38,42);4-8,11-12H,10,34H2,1-3H3,(H2,33,35);1H3/t26?,27-,28?,29?,32?;11-,12?;/m10./s1. The van der Waals surface area contributed by atoms with Crippen molar-refractivity contribution in [3.05, 3.63) is 99.3 Å². The Hall–Kier alpha value is -7.88. The summed E-state index contributed by atoms with van der Waals surface area (Å²) >= 11 is 9.43. The van der Waals surface area contributed by atoms with Crippen LogP contribution in [0.2, 0.25) is 5.02 Å². The Morgan fingerprint density at radius 3 is 2.46 bits per heavy atom. The van der Waals surface area contributed by atoms with E-state index in [1.54, 1.807) is 29.7 Å². The summed E-state index contributed by atoms with van der Waals surface area (Å²) in [6.07, 6.45) is 5.83. The van der Waals surface area contributed by atoms with E-state index in [1.165, 1.54) is 50.5 Å². The fourth-order valence-electron chi connectivity index (χ4n) is 12.2. The number of thiazole rings is 1. The molecule has 0 spiro atoms. The molecule has 7 atom stereocenters. The predicted molar refractivity (Wildman–Crippen MR) is 347 cm³/mol. The number of nitrogens with one attached hydrogen (secondary N) is 2. The number of likely N-dealkylation sites (tertiary alicyclic amines) is 1. The van der Waals surface area contributed by atoms with E-state index in [-0.39, 0.29) is 122 Å². The van der Waals surface area contributed by atoms with Gasteiger partial charge in [0.1, 0.15) is 52.7 Å². The third-order valence-corrected chi connectivity index (χ3v) is 19.1. The second-order valence-electron chi connectivity index (χ2n) is 24.0. The number of aryl methyl sites for hydroxylation is 1. The van der Waals surface area contributed by atoms with Crippen LogP contribution in [-0.2, 0) is 30.4 Å². The Kier molecular flexibility index (Phi) is 22.0. The number of thiophene rings is 1. The number of benzene rings is 3. The van der Waals surface area contributed by atoms with Crippen molar-refractivity contribution in [1.82, 2.24) is 40.4 Å². The summed E-state index contributed by atoms with van der Waals surface area (Å²) < 4.78 is 55.0. The molecule has 3 aromatic carbocycles. The number of amides is 3. The lowest BCUT2D eigenvalue weighted by atomic mass is 9.85. The Labute approximate surface area is 540 Å². The summed E-state index contributed by atoms with van der Waals surface area (Å²) in [5, 5.41) is 33.8. The predicted octanol–water partition coefficient (Wildman–Crippen LogP) is 10.0. The monoisotopic (exact) mass is 1300 g/mol. The molecule has 0 bridgehead atoms. The largest absolute Gasteiger partial charge is 0.489 e. The fraction of sp³-hybridized carbons (Fsp3) is 0.462. The van der Waals surface area contributed by atoms with Gasteiger partial charge in [0.05, 0.1) is 80.8 Å². The van der Waals surface area contributed by atoms with Gasteiger partial charge in [-0.05, 0) is 87.2 Å². The lowest BCUT2D eigenvalue weighted by Gasteiger charge is -2.35. The first-order valence-corrected chi connectivity index (χ1v) is 32.2. The van der Waals surface area contributed by atoms with Crippen molar-refractivity contribution >= 4 is 89.6 Å². The highest BCUT2D eigenvalue weighted by Gasteiger charge is 2.45. The zero-order chi connectivity index (χ0) is 65.4.